The van der Waals surface area contributed by atoms with Crippen molar-refractivity contribution in [2.24, 2.45) is 5.73 Å². The van der Waals surface area contributed by atoms with Gasteiger partial charge in [0, 0.05) is 29.5 Å². The first kappa shape index (κ1) is 13.8. The molecule has 0 amide bonds. The molecule has 1 unspecified atom stereocenters. The molecule has 19 heavy (non-hydrogen) atoms. The minimum Gasteiger partial charge on any atom is -0.497 e. The van der Waals surface area contributed by atoms with Gasteiger partial charge in [0.25, 0.3) is 0 Å². The fourth-order valence-corrected chi connectivity index (χ4v) is 2.75. The highest BCUT2D eigenvalue weighted by Crippen LogP contribution is 2.33. The molecule has 102 valence electrons. The van der Waals surface area contributed by atoms with E-state index in [1.54, 1.807) is 25.6 Å². The summed E-state index contributed by atoms with van der Waals surface area (Å²) in [5.74, 6) is 1.53. The van der Waals surface area contributed by atoms with Crippen LogP contribution in [0.2, 0.25) is 0 Å². The van der Waals surface area contributed by atoms with Crippen LogP contribution in [0.3, 0.4) is 0 Å². The molecule has 1 atom stereocenters. The Labute approximate surface area is 117 Å². The van der Waals surface area contributed by atoms with Gasteiger partial charge in [0.2, 0.25) is 0 Å². The van der Waals surface area contributed by atoms with Gasteiger partial charge in [0.1, 0.15) is 11.5 Å². The van der Waals surface area contributed by atoms with E-state index in [9.17, 15) is 0 Å². The highest BCUT2D eigenvalue weighted by Gasteiger charge is 2.11. The molecule has 0 fully saturated rings. The van der Waals surface area contributed by atoms with E-state index in [1.165, 1.54) is 0 Å². The number of hydrogen-bond donors (Lipinski definition) is 1. The number of nitrogens with two attached hydrogens (primary N) is 1. The number of aromatic nitrogens is 1. The van der Waals surface area contributed by atoms with Crippen molar-refractivity contribution in [3.63, 3.8) is 0 Å². The molecule has 0 saturated heterocycles. The Bertz CT molecular complexity index is 552. The van der Waals surface area contributed by atoms with Gasteiger partial charge in [-0.05, 0) is 19.1 Å². The van der Waals surface area contributed by atoms with Crippen molar-refractivity contribution >= 4 is 11.3 Å². The van der Waals surface area contributed by atoms with Crippen molar-refractivity contribution in [3.05, 3.63) is 28.6 Å². The zero-order valence-corrected chi connectivity index (χ0v) is 12.2. The topological polar surface area (TPSA) is 57.4 Å². The lowest BCUT2D eigenvalue weighted by Crippen LogP contribution is -2.17. The van der Waals surface area contributed by atoms with Gasteiger partial charge in [-0.25, -0.2) is 4.98 Å². The monoisotopic (exact) mass is 278 g/mol. The van der Waals surface area contributed by atoms with E-state index in [2.05, 4.69) is 4.98 Å². The maximum Gasteiger partial charge on any atom is 0.131 e. The molecule has 1 aromatic carbocycles. The maximum absolute atomic E-state index is 5.79. The molecule has 1 aromatic heterocycles. The second-order valence-electron chi connectivity index (χ2n) is 4.37. The van der Waals surface area contributed by atoms with E-state index in [0.717, 1.165) is 34.2 Å². The Balaban J connectivity index is 2.33. The zero-order chi connectivity index (χ0) is 13.8. The van der Waals surface area contributed by atoms with E-state index in [0.29, 0.717) is 0 Å². The number of thiazole rings is 1. The Morgan fingerprint density at radius 2 is 2.11 bits per heavy atom. The van der Waals surface area contributed by atoms with Gasteiger partial charge in [0.05, 0.1) is 24.9 Å². The van der Waals surface area contributed by atoms with Crippen molar-refractivity contribution in [2.75, 3.05) is 14.2 Å². The van der Waals surface area contributed by atoms with Crippen LogP contribution in [0.25, 0.3) is 11.3 Å². The zero-order valence-electron chi connectivity index (χ0n) is 11.3. The minimum absolute atomic E-state index is 0.122. The summed E-state index contributed by atoms with van der Waals surface area (Å²) in [5.41, 5.74) is 7.68. The first-order valence-electron chi connectivity index (χ1n) is 6.06. The van der Waals surface area contributed by atoms with Crippen LogP contribution in [0.15, 0.2) is 23.6 Å². The summed E-state index contributed by atoms with van der Waals surface area (Å²) in [7, 11) is 3.28. The number of nitrogens with zero attached hydrogens (tertiary/aromatic N) is 1. The molecule has 0 radical (unpaired) electrons. The van der Waals surface area contributed by atoms with E-state index >= 15 is 0 Å². The number of benzene rings is 1. The van der Waals surface area contributed by atoms with Crippen molar-refractivity contribution in [1.82, 2.24) is 4.98 Å². The van der Waals surface area contributed by atoms with Gasteiger partial charge in [0.15, 0.2) is 0 Å². The van der Waals surface area contributed by atoms with Crippen molar-refractivity contribution in [3.8, 4) is 22.8 Å². The predicted molar refractivity (Wildman–Crippen MR) is 78.0 cm³/mol. The van der Waals surface area contributed by atoms with Crippen LogP contribution >= 0.6 is 11.3 Å². The van der Waals surface area contributed by atoms with Crippen LogP contribution < -0.4 is 15.2 Å². The molecule has 0 aliphatic carbocycles. The van der Waals surface area contributed by atoms with Crippen LogP contribution in [-0.4, -0.2) is 25.2 Å². The van der Waals surface area contributed by atoms with E-state index < -0.39 is 0 Å². The SMILES string of the molecule is COc1ccc(-c2csc(CC(C)N)n2)c(OC)c1. The first-order valence-corrected chi connectivity index (χ1v) is 6.94. The Morgan fingerprint density at radius 1 is 1.32 bits per heavy atom. The Kier molecular flexibility index (Phi) is 4.39. The summed E-state index contributed by atoms with van der Waals surface area (Å²) in [5, 5.41) is 3.07. The van der Waals surface area contributed by atoms with Gasteiger partial charge < -0.3 is 15.2 Å². The summed E-state index contributed by atoms with van der Waals surface area (Å²) in [4.78, 5) is 4.60. The Hall–Kier alpha value is -1.59. The summed E-state index contributed by atoms with van der Waals surface area (Å²) in [6, 6.07) is 5.85. The maximum atomic E-state index is 5.79. The van der Waals surface area contributed by atoms with Crippen LogP contribution in [0.5, 0.6) is 11.5 Å². The molecule has 0 bridgehead atoms. The largest absolute Gasteiger partial charge is 0.497 e. The van der Waals surface area contributed by atoms with Gasteiger partial charge >= 0.3 is 0 Å². The average Bonchev–Trinajstić information content (AvgIpc) is 2.85. The number of rotatable bonds is 5. The minimum atomic E-state index is 0.122. The van der Waals surface area contributed by atoms with Gasteiger partial charge in [-0.3, -0.25) is 0 Å². The van der Waals surface area contributed by atoms with Gasteiger partial charge in [-0.2, -0.15) is 0 Å². The number of hydrogen-bond acceptors (Lipinski definition) is 5. The van der Waals surface area contributed by atoms with Crippen molar-refractivity contribution in [2.45, 2.75) is 19.4 Å². The molecule has 0 spiro atoms. The third kappa shape index (κ3) is 3.24. The van der Waals surface area contributed by atoms with Crippen LogP contribution in [-0.2, 0) is 6.42 Å². The summed E-state index contributed by atoms with van der Waals surface area (Å²) in [6.45, 7) is 1.98. The third-order valence-electron chi connectivity index (χ3n) is 2.73. The fraction of sp³-hybridized carbons (Fsp3) is 0.357. The van der Waals surface area contributed by atoms with Crippen molar-refractivity contribution < 1.29 is 9.47 Å². The lowest BCUT2D eigenvalue weighted by Gasteiger charge is -2.08. The lowest BCUT2D eigenvalue weighted by atomic mass is 10.1. The highest BCUT2D eigenvalue weighted by molar-refractivity contribution is 7.09. The molecule has 1 heterocycles. The second-order valence-corrected chi connectivity index (χ2v) is 5.32. The molecule has 0 aliphatic rings. The summed E-state index contributed by atoms with van der Waals surface area (Å²) in [6.07, 6.45) is 0.795. The lowest BCUT2D eigenvalue weighted by molar-refractivity contribution is 0.395. The smallest absolute Gasteiger partial charge is 0.131 e. The molecule has 0 aliphatic heterocycles. The van der Waals surface area contributed by atoms with E-state index in [-0.39, 0.29) is 6.04 Å². The van der Waals surface area contributed by atoms with E-state index in [1.807, 2.05) is 30.5 Å². The van der Waals surface area contributed by atoms with Gasteiger partial charge in [-0.1, -0.05) is 0 Å². The third-order valence-corrected chi connectivity index (χ3v) is 3.60. The van der Waals surface area contributed by atoms with Crippen molar-refractivity contribution in [1.29, 1.82) is 0 Å². The molecular weight excluding hydrogens is 260 g/mol. The second kappa shape index (κ2) is 6.04. The summed E-state index contributed by atoms with van der Waals surface area (Å²) < 4.78 is 10.6. The fourth-order valence-electron chi connectivity index (χ4n) is 1.81. The molecule has 2 N–H and O–H groups in total. The quantitative estimate of drug-likeness (QED) is 0.913. The number of methoxy groups -OCH3 is 2. The van der Waals surface area contributed by atoms with Crippen LogP contribution in [0.1, 0.15) is 11.9 Å². The Morgan fingerprint density at radius 3 is 2.74 bits per heavy atom. The normalized spacial score (nSPS) is 12.2. The number of ether oxygens (including phenoxy) is 2. The first-order chi connectivity index (χ1) is 9.13. The molecule has 2 rings (SSSR count). The molecule has 2 aromatic rings. The highest BCUT2D eigenvalue weighted by atomic mass is 32.1. The standard InChI is InChI=1S/C14H18N2O2S/c1-9(15)6-14-16-12(8-19-14)11-5-4-10(17-2)7-13(11)18-3/h4-5,7-9H,6,15H2,1-3H3. The van der Waals surface area contributed by atoms with Crippen LogP contribution in [0, 0.1) is 0 Å². The van der Waals surface area contributed by atoms with Crippen LogP contribution in [0.4, 0.5) is 0 Å². The predicted octanol–water partition coefficient (Wildman–Crippen LogP) is 2.72. The molecular formula is C14H18N2O2S. The molecule has 5 heteroatoms. The van der Waals surface area contributed by atoms with E-state index in [4.69, 9.17) is 15.2 Å². The molecule has 0 saturated carbocycles. The van der Waals surface area contributed by atoms with Gasteiger partial charge in [-0.15, -0.1) is 11.3 Å². The summed E-state index contributed by atoms with van der Waals surface area (Å²) >= 11 is 1.62. The average molecular weight is 278 g/mol. The molecule has 4 nitrogen and oxygen atoms in total.